The molecule has 0 aromatic heterocycles. The number of nitro groups is 1. The molecule has 7 nitrogen and oxygen atoms in total. The fourth-order valence-corrected chi connectivity index (χ4v) is 2.12. The lowest BCUT2D eigenvalue weighted by Crippen LogP contribution is -2.15. The zero-order valence-corrected chi connectivity index (χ0v) is 12.7. The summed E-state index contributed by atoms with van der Waals surface area (Å²) < 4.78 is 10.1. The van der Waals surface area contributed by atoms with Crippen molar-refractivity contribution in [2.75, 3.05) is 19.5 Å². The average molecular weight is 316 g/mol. The Kier molecular flexibility index (Phi) is 5.27. The number of anilines is 1. The molecule has 2 aromatic carbocycles. The van der Waals surface area contributed by atoms with E-state index in [1.165, 1.54) is 26.4 Å². The van der Waals surface area contributed by atoms with Gasteiger partial charge in [0, 0.05) is 24.8 Å². The van der Waals surface area contributed by atoms with Crippen molar-refractivity contribution < 1.29 is 19.2 Å². The van der Waals surface area contributed by atoms with Gasteiger partial charge >= 0.3 is 5.97 Å². The SMILES string of the molecule is COC(=O)c1ccccc1N[C@@H](OC)c1cccc([N+](=O)[O-])c1. The van der Waals surface area contributed by atoms with E-state index in [2.05, 4.69) is 5.32 Å². The van der Waals surface area contributed by atoms with Gasteiger partial charge in [0.25, 0.3) is 5.69 Å². The third-order valence-corrected chi connectivity index (χ3v) is 3.24. The van der Waals surface area contributed by atoms with Crippen LogP contribution in [0.25, 0.3) is 0 Å². The van der Waals surface area contributed by atoms with Crippen LogP contribution in [-0.2, 0) is 9.47 Å². The number of methoxy groups -OCH3 is 2. The molecule has 0 heterocycles. The van der Waals surface area contributed by atoms with Gasteiger partial charge in [-0.1, -0.05) is 24.3 Å². The molecule has 0 spiro atoms. The number of non-ortho nitro benzene ring substituents is 1. The van der Waals surface area contributed by atoms with E-state index in [4.69, 9.17) is 9.47 Å². The summed E-state index contributed by atoms with van der Waals surface area (Å²) in [5.74, 6) is -0.484. The molecule has 0 saturated carbocycles. The molecule has 0 bridgehead atoms. The number of rotatable bonds is 6. The molecule has 1 atom stereocenters. The zero-order chi connectivity index (χ0) is 16.8. The first kappa shape index (κ1) is 16.4. The second-order valence-electron chi connectivity index (χ2n) is 4.65. The molecular weight excluding hydrogens is 300 g/mol. The lowest BCUT2D eigenvalue weighted by molar-refractivity contribution is -0.385. The van der Waals surface area contributed by atoms with E-state index in [1.54, 1.807) is 36.4 Å². The van der Waals surface area contributed by atoms with Gasteiger partial charge < -0.3 is 14.8 Å². The second kappa shape index (κ2) is 7.37. The highest BCUT2D eigenvalue weighted by molar-refractivity contribution is 5.95. The molecule has 0 aliphatic carbocycles. The summed E-state index contributed by atoms with van der Waals surface area (Å²) >= 11 is 0. The van der Waals surface area contributed by atoms with Gasteiger partial charge in [-0.2, -0.15) is 0 Å². The van der Waals surface area contributed by atoms with Gasteiger partial charge in [-0.05, 0) is 12.1 Å². The highest BCUT2D eigenvalue weighted by atomic mass is 16.6. The number of benzene rings is 2. The van der Waals surface area contributed by atoms with Gasteiger partial charge in [0.1, 0.15) is 0 Å². The third-order valence-electron chi connectivity index (χ3n) is 3.24. The highest BCUT2D eigenvalue weighted by Crippen LogP contribution is 2.26. The molecule has 7 heteroatoms. The van der Waals surface area contributed by atoms with Crippen LogP contribution >= 0.6 is 0 Å². The quantitative estimate of drug-likeness (QED) is 0.381. The van der Waals surface area contributed by atoms with E-state index < -0.39 is 17.1 Å². The first-order chi connectivity index (χ1) is 11.1. The first-order valence-electron chi connectivity index (χ1n) is 6.78. The minimum atomic E-state index is -0.652. The number of esters is 1. The summed E-state index contributed by atoms with van der Waals surface area (Å²) in [7, 11) is 2.77. The van der Waals surface area contributed by atoms with Crippen LogP contribution in [0.2, 0.25) is 0 Å². The van der Waals surface area contributed by atoms with Crippen LogP contribution in [0, 0.1) is 10.1 Å². The molecule has 0 fully saturated rings. The zero-order valence-electron chi connectivity index (χ0n) is 12.7. The lowest BCUT2D eigenvalue weighted by Gasteiger charge is -2.20. The first-order valence-corrected chi connectivity index (χ1v) is 6.78. The van der Waals surface area contributed by atoms with Crippen molar-refractivity contribution >= 4 is 17.3 Å². The van der Waals surface area contributed by atoms with Crippen molar-refractivity contribution in [1.29, 1.82) is 0 Å². The maximum atomic E-state index is 11.8. The van der Waals surface area contributed by atoms with Gasteiger partial charge in [0.2, 0.25) is 0 Å². The topological polar surface area (TPSA) is 90.7 Å². The van der Waals surface area contributed by atoms with Gasteiger partial charge in [-0.3, -0.25) is 10.1 Å². The monoisotopic (exact) mass is 316 g/mol. The molecule has 0 amide bonds. The summed E-state index contributed by atoms with van der Waals surface area (Å²) in [6.45, 7) is 0. The van der Waals surface area contributed by atoms with E-state index in [0.717, 1.165) is 0 Å². The van der Waals surface area contributed by atoms with E-state index in [1.807, 2.05) is 0 Å². The molecule has 23 heavy (non-hydrogen) atoms. The third kappa shape index (κ3) is 3.83. The Balaban J connectivity index is 2.32. The van der Waals surface area contributed by atoms with Crippen LogP contribution in [-0.4, -0.2) is 25.1 Å². The molecular formula is C16H16N2O5. The van der Waals surface area contributed by atoms with E-state index in [9.17, 15) is 14.9 Å². The van der Waals surface area contributed by atoms with Crippen molar-refractivity contribution in [2.24, 2.45) is 0 Å². The number of nitrogens with zero attached hydrogens (tertiary/aromatic N) is 1. The number of nitrogens with one attached hydrogen (secondary N) is 1. The van der Waals surface area contributed by atoms with E-state index >= 15 is 0 Å². The minimum absolute atomic E-state index is 0.0346. The predicted octanol–water partition coefficient (Wildman–Crippen LogP) is 3.14. The molecule has 0 unspecified atom stereocenters. The molecule has 0 radical (unpaired) electrons. The van der Waals surface area contributed by atoms with Gasteiger partial charge in [0.15, 0.2) is 6.23 Å². The molecule has 0 aliphatic rings. The van der Waals surface area contributed by atoms with Crippen LogP contribution in [0.3, 0.4) is 0 Å². The fourth-order valence-electron chi connectivity index (χ4n) is 2.12. The Hall–Kier alpha value is -2.93. The predicted molar refractivity (Wildman–Crippen MR) is 84.3 cm³/mol. The van der Waals surface area contributed by atoms with Crippen molar-refractivity contribution in [3.05, 3.63) is 69.8 Å². The number of carbonyl (C=O) groups is 1. The Labute approximate surface area is 133 Å². The van der Waals surface area contributed by atoms with Crippen molar-refractivity contribution in [3.63, 3.8) is 0 Å². The second-order valence-corrected chi connectivity index (χ2v) is 4.65. The van der Waals surface area contributed by atoms with Crippen LogP contribution in [0.1, 0.15) is 22.1 Å². The fraction of sp³-hybridized carbons (Fsp3) is 0.188. The summed E-state index contributed by atoms with van der Waals surface area (Å²) in [4.78, 5) is 22.2. The minimum Gasteiger partial charge on any atom is -0.465 e. The van der Waals surface area contributed by atoms with Crippen molar-refractivity contribution in [3.8, 4) is 0 Å². The maximum absolute atomic E-state index is 11.8. The number of carbonyl (C=O) groups excluding carboxylic acids is 1. The standard InChI is InChI=1S/C16H16N2O5/c1-22-15(11-6-5-7-12(10-11)18(20)21)17-14-9-4-3-8-13(14)16(19)23-2/h3-10,15,17H,1-2H3/t15-/m0/s1. The normalized spacial score (nSPS) is 11.6. The average Bonchev–Trinajstić information content (AvgIpc) is 2.59. The largest absolute Gasteiger partial charge is 0.465 e. The lowest BCUT2D eigenvalue weighted by atomic mass is 10.1. The number of nitro benzene ring substituents is 1. The molecule has 2 rings (SSSR count). The smallest absolute Gasteiger partial charge is 0.339 e. The molecule has 1 N–H and O–H groups in total. The number of ether oxygens (including phenoxy) is 2. The Bertz CT molecular complexity index is 717. The van der Waals surface area contributed by atoms with Crippen LogP contribution < -0.4 is 5.32 Å². The Morgan fingerprint density at radius 2 is 1.91 bits per heavy atom. The Morgan fingerprint density at radius 3 is 2.57 bits per heavy atom. The van der Waals surface area contributed by atoms with Crippen LogP contribution in [0.5, 0.6) is 0 Å². The van der Waals surface area contributed by atoms with Crippen LogP contribution in [0.4, 0.5) is 11.4 Å². The van der Waals surface area contributed by atoms with E-state index in [0.29, 0.717) is 16.8 Å². The number of hydrogen-bond donors (Lipinski definition) is 1. The van der Waals surface area contributed by atoms with Crippen LogP contribution in [0.15, 0.2) is 48.5 Å². The maximum Gasteiger partial charge on any atom is 0.339 e. The Morgan fingerprint density at radius 1 is 1.17 bits per heavy atom. The highest BCUT2D eigenvalue weighted by Gasteiger charge is 2.18. The summed E-state index contributed by atoms with van der Waals surface area (Å²) in [5.41, 5.74) is 1.40. The van der Waals surface area contributed by atoms with Gasteiger partial charge in [-0.15, -0.1) is 0 Å². The summed E-state index contributed by atoms with van der Waals surface area (Å²) in [5, 5.41) is 13.9. The van der Waals surface area contributed by atoms with Gasteiger partial charge in [0.05, 0.1) is 23.3 Å². The summed E-state index contributed by atoms with van der Waals surface area (Å²) in [6.07, 6.45) is -0.652. The number of hydrogen-bond acceptors (Lipinski definition) is 6. The van der Waals surface area contributed by atoms with Crippen molar-refractivity contribution in [1.82, 2.24) is 0 Å². The molecule has 2 aromatic rings. The molecule has 120 valence electrons. The summed E-state index contributed by atoms with van der Waals surface area (Å²) in [6, 6.07) is 12.9. The number of para-hydroxylation sites is 1. The van der Waals surface area contributed by atoms with Gasteiger partial charge in [-0.25, -0.2) is 4.79 Å². The van der Waals surface area contributed by atoms with Crippen molar-refractivity contribution in [2.45, 2.75) is 6.23 Å². The molecule has 0 saturated heterocycles. The van der Waals surface area contributed by atoms with E-state index in [-0.39, 0.29) is 5.69 Å². The molecule has 0 aliphatic heterocycles.